The highest BCUT2D eigenvalue weighted by Gasteiger charge is 2.49. The van der Waals surface area contributed by atoms with E-state index in [9.17, 15) is 9.90 Å². The summed E-state index contributed by atoms with van der Waals surface area (Å²) in [5.41, 5.74) is 1.15. The molecule has 0 saturated heterocycles. The topological polar surface area (TPSA) is 53.4 Å². The highest BCUT2D eigenvalue weighted by Crippen LogP contribution is 2.42. The summed E-state index contributed by atoms with van der Waals surface area (Å²) in [6.45, 7) is 0.319. The maximum atomic E-state index is 12.9. The van der Waals surface area contributed by atoms with E-state index in [1.165, 1.54) is 11.1 Å². The number of hydrogen-bond acceptors (Lipinski definition) is 3. The zero-order valence-corrected chi connectivity index (χ0v) is 13.0. The summed E-state index contributed by atoms with van der Waals surface area (Å²) in [6.07, 6.45) is 3.13. The van der Waals surface area contributed by atoms with Gasteiger partial charge in [-0.1, -0.05) is 60.7 Å². The molecule has 4 nitrogen and oxygen atoms in total. The molecule has 0 radical (unpaired) electrons. The number of rotatable bonds is 3. The first-order valence-corrected chi connectivity index (χ1v) is 7.79. The summed E-state index contributed by atoms with van der Waals surface area (Å²) in [4.78, 5) is 18.5. The van der Waals surface area contributed by atoms with Crippen LogP contribution in [0.4, 0.5) is 0 Å². The van der Waals surface area contributed by atoms with E-state index < -0.39 is 5.72 Å². The van der Waals surface area contributed by atoms with Gasteiger partial charge in [-0.2, -0.15) is 0 Å². The van der Waals surface area contributed by atoms with Crippen LogP contribution in [-0.2, 0) is 12.3 Å². The van der Waals surface area contributed by atoms with E-state index in [1.54, 1.807) is 12.3 Å². The fourth-order valence-electron chi connectivity index (χ4n) is 3.24. The molecule has 1 aromatic heterocycles. The number of carbonyl (C=O) groups excluding carboxylic acids is 1. The van der Waals surface area contributed by atoms with Crippen molar-refractivity contribution in [2.24, 2.45) is 0 Å². The number of hydrogen-bond donors (Lipinski definition) is 1. The third kappa shape index (κ3) is 2.12. The van der Waals surface area contributed by atoms with Crippen LogP contribution >= 0.6 is 0 Å². The lowest BCUT2D eigenvalue weighted by Gasteiger charge is -2.35. The van der Waals surface area contributed by atoms with Gasteiger partial charge in [0.1, 0.15) is 0 Å². The Morgan fingerprint density at radius 1 is 0.958 bits per heavy atom. The summed E-state index contributed by atoms with van der Waals surface area (Å²) >= 11 is 0. The largest absolute Gasteiger partial charge is 0.363 e. The minimum absolute atomic E-state index is 0.215. The summed E-state index contributed by atoms with van der Waals surface area (Å²) < 4.78 is 0. The molecule has 0 aliphatic carbocycles. The molecule has 1 amide bonds. The lowest BCUT2D eigenvalue weighted by atomic mass is 9.94. The van der Waals surface area contributed by atoms with Crippen LogP contribution < -0.4 is 0 Å². The number of fused-ring (bicyclic) bond motifs is 1. The second kappa shape index (κ2) is 5.58. The maximum Gasteiger partial charge on any atom is 0.258 e. The van der Waals surface area contributed by atoms with E-state index >= 15 is 0 Å². The van der Waals surface area contributed by atoms with Crippen LogP contribution in [0, 0.1) is 0 Å². The molecule has 4 heteroatoms. The molecule has 2 heterocycles. The van der Waals surface area contributed by atoms with Crippen LogP contribution in [0.25, 0.3) is 0 Å². The molecule has 24 heavy (non-hydrogen) atoms. The minimum atomic E-state index is -1.49. The summed E-state index contributed by atoms with van der Waals surface area (Å²) in [7, 11) is 0. The molecule has 0 unspecified atom stereocenters. The molecule has 1 aliphatic rings. The second-order valence-electron chi connectivity index (χ2n) is 5.84. The van der Waals surface area contributed by atoms with Crippen molar-refractivity contribution < 1.29 is 9.90 Å². The Hall–Kier alpha value is -2.98. The Bertz CT molecular complexity index is 880. The highest BCUT2D eigenvalue weighted by atomic mass is 16.3. The average Bonchev–Trinajstić information content (AvgIpc) is 2.87. The van der Waals surface area contributed by atoms with Crippen molar-refractivity contribution in [2.75, 3.05) is 0 Å². The zero-order chi connectivity index (χ0) is 16.6. The first-order valence-electron chi connectivity index (χ1n) is 7.79. The summed E-state index contributed by atoms with van der Waals surface area (Å²) in [5, 5.41) is 11.6. The van der Waals surface area contributed by atoms with Gasteiger partial charge in [0.25, 0.3) is 5.91 Å². The van der Waals surface area contributed by atoms with Crippen molar-refractivity contribution >= 4 is 5.91 Å². The predicted molar refractivity (Wildman–Crippen MR) is 90.0 cm³/mol. The number of carbonyl (C=O) groups is 1. The number of nitrogens with zero attached hydrogens (tertiary/aromatic N) is 2. The van der Waals surface area contributed by atoms with Gasteiger partial charge in [0.05, 0.1) is 5.56 Å². The Morgan fingerprint density at radius 2 is 1.62 bits per heavy atom. The van der Waals surface area contributed by atoms with Crippen molar-refractivity contribution in [3.63, 3.8) is 0 Å². The first-order chi connectivity index (χ1) is 11.7. The Morgan fingerprint density at radius 3 is 2.33 bits per heavy atom. The van der Waals surface area contributed by atoms with Gasteiger partial charge in [-0.15, -0.1) is 0 Å². The molecule has 2 aromatic carbocycles. The number of amides is 1. The smallest absolute Gasteiger partial charge is 0.258 e. The fourth-order valence-corrected chi connectivity index (χ4v) is 3.24. The van der Waals surface area contributed by atoms with Crippen molar-refractivity contribution in [2.45, 2.75) is 12.3 Å². The highest BCUT2D eigenvalue weighted by molar-refractivity contribution is 6.00. The number of aromatic nitrogens is 1. The molecule has 0 saturated carbocycles. The molecule has 118 valence electrons. The van der Waals surface area contributed by atoms with Crippen LogP contribution in [0.5, 0.6) is 0 Å². The SMILES string of the molecule is O=C1c2cnccc2[C@](O)(c2ccccc2)N1Cc1ccccc1. The molecule has 0 bridgehead atoms. The van der Waals surface area contributed by atoms with Crippen LogP contribution in [-0.4, -0.2) is 20.9 Å². The van der Waals surface area contributed by atoms with E-state index in [0.717, 1.165) is 5.56 Å². The van der Waals surface area contributed by atoms with E-state index in [4.69, 9.17) is 0 Å². The molecular formula is C20H16N2O2. The quantitative estimate of drug-likeness (QED) is 0.808. The number of pyridine rings is 1. The molecule has 3 aromatic rings. The average molecular weight is 316 g/mol. The van der Waals surface area contributed by atoms with Gasteiger partial charge in [-0.25, -0.2) is 0 Å². The van der Waals surface area contributed by atoms with Gasteiger partial charge in [0, 0.05) is 30.1 Å². The molecule has 1 atom stereocenters. The molecule has 4 rings (SSSR count). The van der Waals surface area contributed by atoms with E-state index in [-0.39, 0.29) is 5.91 Å². The monoisotopic (exact) mass is 316 g/mol. The fraction of sp³-hybridized carbons (Fsp3) is 0.100. The normalized spacial score (nSPS) is 19.4. The van der Waals surface area contributed by atoms with Crippen molar-refractivity contribution in [3.05, 3.63) is 101 Å². The van der Waals surface area contributed by atoms with E-state index in [1.807, 2.05) is 60.7 Å². The Balaban J connectivity index is 1.87. The third-order valence-electron chi connectivity index (χ3n) is 4.42. The van der Waals surface area contributed by atoms with E-state index in [0.29, 0.717) is 23.2 Å². The van der Waals surface area contributed by atoms with Gasteiger partial charge in [0.15, 0.2) is 5.72 Å². The minimum Gasteiger partial charge on any atom is -0.363 e. The number of aliphatic hydroxyl groups is 1. The van der Waals surface area contributed by atoms with Gasteiger partial charge in [-0.3, -0.25) is 14.7 Å². The van der Waals surface area contributed by atoms with Crippen LogP contribution in [0.3, 0.4) is 0 Å². The predicted octanol–water partition coefficient (Wildman–Crippen LogP) is 2.93. The lowest BCUT2D eigenvalue weighted by Crippen LogP contribution is -2.44. The molecule has 1 N–H and O–H groups in total. The second-order valence-corrected chi connectivity index (χ2v) is 5.84. The van der Waals surface area contributed by atoms with Crippen molar-refractivity contribution in [1.29, 1.82) is 0 Å². The molecule has 0 fully saturated rings. The summed E-state index contributed by atoms with van der Waals surface area (Å²) in [5.74, 6) is -0.215. The Labute approximate surface area is 140 Å². The first kappa shape index (κ1) is 14.6. The third-order valence-corrected chi connectivity index (χ3v) is 4.42. The Kier molecular flexibility index (Phi) is 3.40. The zero-order valence-electron chi connectivity index (χ0n) is 13.0. The van der Waals surface area contributed by atoms with Gasteiger partial charge in [-0.05, 0) is 11.6 Å². The van der Waals surface area contributed by atoms with Crippen LogP contribution in [0.15, 0.2) is 79.1 Å². The molecular weight excluding hydrogens is 300 g/mol. The van der Waals surface area contributed by atoms with Crippen LogP contribution in [0.2, 0.25) is 0 Å². The van der Waals surface area contributed by atoms with Crippen molar-refractivity contribution in [1.82, 2.24) is 9.88 Å². The van der Waals surface area contributed by atoms with Gasteiger partial charge in [0.2, 0.25) is 0 Å². The van der Waals surface area contributed by atoms with Gasteiger partial charge >= 0.3 is 0 Å². The number of benzene rings is 2. The van der Waals surface area contributed by atoms with E-state index in [2.05, 4.69) is 4.98 Å². The summed E-state index contributed by atoms with van der Waals surface area (Å²) in [6, 6.07) is 20.6. The van der Waals surface area contributed by atoms with Crippen LogP contribution in [0.1, 0.15) is 27.0 Å². The van der Waals surface area contributed by atoms with Gasteiger partial charge < -0.3 is 5.11 Å². The standard InChI is InChI=1S/C20H16N2O2/c23-19-17-13-21-12-11-18(17)20(24,16-9-5-2-6-10-16)22(19)14-15-7-3-1-4-8-15/h1-13,24H,14H2/t20-/m1/s1. The molecule has 1 aliphatic heterocycles. The lowest BCUT2D eigenvalue weighted by molar-refractivity contribution is -0.0543. The van der Waals surface area contributed by atoms with Crippen molar-refractivity contribution in [3.8, 4) is 0 Å². The molecule has 0 spiro atoms. The maximum absolute atomic E-state index is 12.9.